The fraction of sp³-hybridized carbons (Fsp3) is 0.0625. The summed E-state index contributed by atoms with van der Waals surface area (Å²) in [6, 6.07) is 4.17. The van der Waals surface area contributed by atoms with Crippen LogP contribution in [0.2, 0.25) is 0 Å². The molecule has 1 heterocycles. The second-order valence-corrected chi connectivity index (χ2v) is 4.75. The number of allylic oxidation sites excluding steroid dienone is 1. The highest BCUT2D eigenvalue weighted by molar-refractivity contribution is 6.07. The van der Waals surface area contributed by atoms with Crippen LogP contribution in [0, 0.1) is 29.1 Å². The van der Waals surface area contributed by atoms with Crippen molar-refractivity contribution < 1.29 is 36.2 Å². The second kappa shape index (κ2) is 5.95. The van der Waals surface area contributed by atoms with E-state index in [0.717, 1.165) is 0 Å². The fourth-order valence-electron chi connectivity index (χ4n) is 2.07. The summed E-state index contributed by atoms with van der Waals surface area (Å²) in [7, 11) is 0. The molecule has 0 aliphatic carbocycles. The number of rotatable bonds is 3. The quantitative estimate of drug-likeness (QED) is 0.278. The predicted molar refractivity (Wildman–Crippen MR) is 72.2 cm³/mol. The Hall–Kier alpha value is -2.90. The number of carbonyl (C=O) groups excluding carboxylic acids is 1. The van der Waals surface area contributed by atoms with Crippen molar-refractivity contribution in [2.45, 2.75) is 0 Å². The summed E-state index contributed by atoms with van der Waals surface area (Å²) < 4.78 is 76.3. The molecule has 0 radical (unpaired) electrons. The van der Waals surface area contributed by atoms with Crippen molar-refractivity contribution in [3.8, 4) is 11.5 Å². The summed E-state index contributed by atoms with van der Waals surface area (Å²) >= 11 is 0. The molecule has 0 bridgehead atoms. The monoisotopic (exact) mass is 342 g/mol. The summed E-state index contributed by atoms with van der Waals surface area (Å²) in [6.07, 6.45) is 1.24. The number of fused-ring (bicyclic) bond motifs is 1. The van der Waals surface area contributed by atoms with Crippen LogP contribution in [-0.4, -0.2) is 12.6 Å². The number of carbonyl (C=O) groups is 1. The minimum Gasteiger partial charge on any atom is -0.454 e. The summed E-state index contributed by atoms with van der Waals surface area (Å²) in [5.74, 6) is -10.4. The molecule has 0 spiro atoms. The van der Waals surface area contributed by atoms with Crippen LogP contribution < -0.4 is 9.47 Å². The van der Waals surface area contributed by atoms with E-state index in [2.05, 4.69) is 0 Å². The first-order chi connectivity index (χ1) is 11.4. The van der Waals surface area contributed by atoms with Gasteiger partial charge in [0.05, 0.1) is 5.56 Å². The number of hydrogen-bond acceptors (Lipinski definition) is 3. The molecule has 0 aromatic heterocycles. The summed E-state index contributed by atoms with van der Waals surface area (Å²) in [5.41, 5.74) is -1.10. The molecule has 24 heavy (non-hydrogen) atoms. The SMILES string of the molecule is O=C(/C=C/c1c(F)c(F)c(F)c(F)c1F)c1ccc2c(c1)OCO2. The average Bonchev–Trinajstić information content (AvgIpc) is 3.05. The standard InChI is InChI=1S/C16H7F5O3/c17-12-8(13(18)15(20)16(21)14(12)19)2-3-9(22)7-1-4-10-11(5-7)24-6-23-10/h1-5H,6H2/b3-2+. The first-order valence-corrected chi connectivity index (χ1v) is 6.53. The maximum atomic E-state index is 13.5. The highest BCUT2D eigenvalue weighted by Gasteiger charge is 2.24. The molecule has 1 aliphatic rings. The second-order valence-electron chi connectivity index (χ2n) is 4.75. The molecule has 0 saturated carbocycles. The van der Waals surface area contributed by atoms with Crippen LogP contribution in [0.3, 0.4) is 0 Å². The van der Waals surface area contributed by atoms with Crippen LogP contribution in [0.4, 0.5) is 22.0 Å². The van der Waals surface area contributed by atoms with Gasteiger partial charge in [-0.15, -0.1) is 0 Å². The highest BCUT2D eigenvalue weighted by atomic mass is 19.2. The molecule has 0 fully saturated rings. The van der Waals surface area contributed by atoms with Gasteiger partial charge in [0.1, 0.15) is 0 Å². The van der Waals surface area contributed by atoms with Crippen molar-refractivity contribution in [2.24, 2.45) is 0 Å². The smallest absolute Gasteiger partial charge is 0.231 e. The first-order valence-electron chi connectivity index (χ1n) is 6.53. The lowest BCUT2D eigenvalue weighted by Gasteiger charge is -2.04. The molecule has 3 rings (SSSR count). The van der Waals surface area contributed by atoms with E-state index < -0.39 is 40.4 Å². The summed E-state index contributed by atoms with van der Waals surface area (Å²) in [5, 5.41) is 0. The highest BCUT2D eigenvalue weighted by Crippen LogP contribution is 2.32. The third kappa shape index (κ3) is 2.60. The Kier molecular flexibility index (Phi) is 3.96. The third-order valence-electron chi connectivity index (χ3n) is 3.30. The van der Waals surface area contributed by atoms with Crippen LogP contribution >= 0.6 is 0 Å². The van der Waals surface area contributed by atoms with Gasteiger partial charge in [0, 0.05) is 5.56 Å². The van der Waals surface area contributed by atoms with Crippen molar-refractivity contribution in [3.05, 3.63) is 64.5 Å². The molecule has 3 nitrogen and oxygen atoms in total. The molecule has 1 aliphatic heterocycles. The van der Waals surface area contributed by atoms with Crippen LogP contribution in [-0.2, 0) is 0 Å². The molecular formula is C16H7F5O3. The van der Waals surface area contributed by atoms with Gasteiger partial charge in [-0.05, 0) is 30.4 Å². The zero-order valence-electron chi connectivity index (χ0n) is 11.7. The Morgan fingerprint density at radius 3 is 2.12 bits per heavy atom. The van der Waals surface area contributed by atoms with Crippen molar-refractivity contribution in [1.29, 1.82) is 0 Å². The zero-order chi connectivity index (χ0) is 17.4. The maximum Gasteiger partial charge on any atom is 0.231 e. The molecule has 2 aromatic rings. The van der Waals surface area contributed by atoms with Gasteiger partial charge in [0.25, 0.3) is 0 Å². The molecule has 0 atom stereocenters. The van der Waals surface area contributed by atoms with Gasteiger partial charge in [-0.1, -0.05) is 0 Å². The topological polar surface area (TPSA) is 35.5 Å². The largest absolute Gasteiger partial charge is 0.454 e. The lowest BCUT2D eigenvalue weighted by atomic mass is 10.1. The van der Waals surface area contributed by atoms with Gasteiger partial charge in [-0.25, -0.2) is 22.0 Å². The van der Waals surface area contributed by atoms with Crippen LogP contribution in [0.25, 0.3) is 6.08 Å². The molecule has 0 saturated heterocycles. The predicted octanol–water partition coefficient (Wildman–Crippen LogP) is 4.01. The van der Waals surface area contributed by atoms with Crippen LogP contribution in [0.15, 0.2) is 24.3 Å². The van der Waals surface area contributed by atoms with E-state index in [4.69, 9.17) is 9.47 Å². The Balaban J connectivity index is 1.93. The van der Waals surface area contributed by atoms with Gasteiger partial charge in [-0.3, -0.25) is 4.79 Å². The van der Waals surface area contributed by atoms with Crippen molar-refractivity contribution in [3.63, 3.8) is 0 Å². The van der Waals surface area contributed by atoms with E-state index in [9.17, 15) is 26.7 Å². The van der Waals surface area contributed by atoms with E-state index in [1.807, 2.05) is 0 Å². The molecule has 0 unspecified atom stereocenters. The van der Waals surface area contributed by atoms with Gasteiger partial charge < -0.3 is 9.47 Å². The summed E-state index contributed by atoms with van der Waals surface area (Å²) in [4.78, 5) is 12.0. The Labute approximate surface area is 131 Å². The number of benzene rings is 2. The van der Waals surface area contributed by atoms with Crippen molar-refractivity contribution in [2.75, 3.05) is 6.79 Å². The molecular weight excluding hydrogens is 335 g/mol. The van der Waals surface area contributed by atoms with Gasteiger partial charge in [-0.2, -0.15) is 0 Å². The lowest BCUT2D eigenvalue weighted by Crippen LogP contribution is -2.04. The average molecular weight is 342 g/mol. The minimum absolute atomic E-state index is 0.00658. The number of ketones is 1. The number of ether oxygens (including phenoxy) is 2. The molecule has 0 amide bonds. The number of halogens is 5. The Morgan fingerprint density at radius 1 is 0.875 bits per heavy atom. The minimum atomic E-state index is -2.26. The molecule has 2 aromatic carbocycles. The van der Waals surface area contributed by atoms with E-state index in [1.165, 1.54) is 18.2 Å². The molecule has 8 heteroatoms. The van der Waals surface area contributed by atoms with Crippen LogP contribution in [0.5, 0.6) is 11.5 Å². The van der Waals surface area contributed by atoms with E-state index in [-0.39, 0.29) is 12.4 Å². The zero-order valence-corrected chi connectivity index (χ0v) is 11.7. The van der Waals surface area contributed by atoms with Gasteiger partial charge in [0.15, 0.2) is 40.6 Å². The Morgan fingerprint density at radius 2 is 1.46 bits per heavy atom. The fourth-order valence-corrected chi connectivity index (χ4v) is 2.07. The van der Waals surface area contributed by atoms with Gasteiger partial charge >= 0.3 is 0 Å². The van der Waals surface area contributed by atoms with E-state index in [0.29, 0.717) is 23.7 Å². The van der Waals surface area contributed by atoms with E-state index >= 15 is 0 Å². The Bertz CT molecular complexity index is 847. The van der Waals surface area contributed by atoms with Gasteiger partial charge in [0.2, 0.25) is 12.6 Å². The molecule has 0 N–H and O–H groups in total. The number of hydrogen-bond donors (Lipinski definition) is 0. The first kappa shape index (κ1) is 16.0. The van der Waals surface area contributed by atoms with E-state index in [1.54, 1.807) is 0 Å². The van der Waals surface area contributed by atoms with Crippen molar-refractivity contribution in [1.82, 2.24) is 0 Å². The van der Waals surface area contributed by atoms with Crippen molar-refractivity contribution >= 4 is 11.9 Å². The lowest BCUT2D eigenvalue weighted by molar-refractivity contribution is 0.104. The third-order valence-corrected chi connectivity index (χ3v) is 3.30. The molecule has 124 valence electrons. The normalized spacial score (nSPS) is 12.9. The maximum absolute atomic E-state index is 13.5. The van der Waals surface area contributed by atoms with Crippen LogP contribution in [0.1, 0.15) is 15.9 Å². The summed E-state index contributed by atoms with van der Waals surface area (Å²) in [6.45, 7) is -0.00658.